The van der Waals surface area contributed by atoms with Gasteiger partial charge >= 0.3 is 0 Å². The number of aromatic amines is 1. The summed E-state index contributed by atoms with van der Waals surface area (Å²) < 4.78 is 0. The summed E-state index contributed by atoms with van der Waals surface area (Å²) in [5, 5.41) is 9.88. The minimum absolute atomic E-state index is 0.0484. The van der Waals surface area contributed by atoms with Gasteiger partial charge in [-0.1, -0.05) is 36.9 Å². The highest BCUT2D eigenvalue weighted by atomic mass is 16.3. The van der Waals surface area contributed by atoms with Gasteiger partial charge in [-0.05, 0) is 24.5 Å². The first kappa shape index (κ1) is 12.6. The summed E-state index contributed by atoms with van der Waals surface area (Å²) in [6, 6.07) is 10.0. The predicted octanol–water partition coefficient (Wildman–Crippen LogP) is 2.98. The van der Waals surface area contributed by atoms with Crippen LogP contribution in [0.5, 0.6) is 0 Å². The molecule has 2 aromatic rings. The van der Waals surface area contributed by atoms with Crippen LogP contribution in [0, 0.1) is 0 Å². The van der Waals surface area contributed by atoms with Gasteiger partial charge in [0.15, 0.2) is 0 Å². The van der Waals surface area contributed by atoms with Crippen LogP contribution in [-0.2, 0) is 0 Å². The van der Waals surface area contributed by atoms with E-state index in [9.17, 15) is 5.11 Å². The van der Waals surface area contributed by atoms with Gasteiger partial charge in [-0.25, -0.2) is 4.98 Å². The fraction of sp³-hybridized carbons (Fsp3) is 0.267. The van der Waals surface area contributed by atoms with Gasteiger partial charge in [-0.2, -0.15) is 0 Å². The molecule has 0 aliphatic heterocycles. The molecule has 3 nitrogen and oxygen atoms in total. The van der Waals surface area contributed by atoms with Crippen molar-refractivity contribution in [2.24, 2.45) is 0 Å². The Hall–Kier alpha value is -1.87. The number of hydrogen-bond donors (Lipinski definition) is 2. The first-order chi connectivity index (χ1) is 8.68. The Kier molecular flexibility index (Phi) is 3.95. The number of allylic oxidation sites excluding steroid dienone is 1. The molecule has 2 rings (SSSR count). The Bertz CT molecular complexity index is 488. The molecule has 3 heteroatoms. The maximum absolute atomic E-state index is 9.88. The van der Waals surface area contributed by atoms with Crippen molar-refractivity contribution < 1.29 is 5.11 Å². The molecule has 0 aliphatic carbocycles. The van der Waals surface area contributed by atoms with Crippen molar-refractivity contribution in [3.05, 3.63) is 60.7 Å². The molecule has 1 heterocycles. The molecule has 94 valence electrons. The van der Waals surface area contributed by atoms with Crippen molar-refractivity contribution in [3.8, 4) is 0 Å². The predicted molar refractivity (Wildman–Crippen MR) is 73.1 cm³/mol. The van der Waals surface area contributed by atoms with E-state index in [4.69, 9.17) is 0 Å². The van der Waals surface area contributed by atoms with Gasteiger partial charge in [0.2, 0.25) is 0 Å². The highest BCUT2D eigenvalue weighted by molar-refractivity contribution is 5.63. The lowest BCUT2D eigenvalue weighted by Crippen LogP contribution is -2.16. The number of aliphatic hydroxyl groups is 1. The van der Waals surface area contributed by atoms with Crippen LogP contribution in [0.1, 0.15) is 30.7 Å². The average molecular weight is 242 g/mol. The van der Waals surface area contributed by atoms with Gasteiger partial charge in [0.05, 0.1) is 6.10 Å². The molecular weight excluding hydrogens is 224 g/mol. The molecule has 0 radical (unpaired) electrons. The van der Waals surface area contributed by atoms with Crippen molar-refractivity contribution in [1.82, 2.24) is 9.97 Å². The molecule has 0 bridgehead atoms. The molecule has 18 heavy (non-hydrogen) atoms. The van der Waals surface area contributed by atoms with Crippen LogP contribution in [0.25, 0.3) is 5.57 Å². The summed E-state index contributed by atoms with van der Waals surface area (Å²) >= 11 is 0. The molecule has 0 amide bonds. The zero-order valence-corrected chi connectivity index (χ0v) is 10.5. The van der Waals surface area contributed by atoms with E-state index < -0.39 is 6.10 Å². The molecule has 2 atom stereocenters. The third-order valence-corrected chi connectivity index (χ3v) is 3.10. The summed E-state index contributed by atoms with van der Waals surface area (Å²) in [7, 11) is 0. The third-order valence-electron chi connectivity index (χ3n) is 3.10. The number of aromatic nitrogens is 2. The second-order valence-corrected chi connectivity index (χ2v) is 4.50. The normalized spacial score (nSPS) is 14.1. The quantitative estimate of drug-likeness (QED) is 0.846. The molecule has 2 unspecified atom stereocenters. The third kappa shape index (κ3) is 2.87. The monoisotopic (exact) mass is 242 g/mol. The Morgan fingerprint density at radius 2 is 2.11 bits per heavy atom. The molecule has 0 saturated heterocycles. The van der Waals surface area contributed by atoms with Crippen molar-refractivity contribution in [2.75, 3.05) is 0 Å². The number of nitrogens with zero attached hydrogens (tertiary/aromatic N) is 1. The van der Waals surface area contributed by atoms with Crippen LogP contribution in [0.15, 0.2) is 49.3 Å². The zero-order valence-electron chi connectivity index (χ0n) is 10.5. The number of benzene rings is 1. The minimum atomic E-state index is -0.461. The van der Waals surface area contributed by atoms with E-state index in [1.165, 1.54) is 0 Å². The fourth-order valence-electron chi connectivity index (χ4n) is 2.03. The minimum Gasteiger partial charge on any atom is -0.393 e. The van der Waals surface area contributed by atoms with Crippen LogP contribution < -0.4 is 0 Å². The van der Waals surface area contributed by atoms with Gasteiger partial charge in [0.1, 0.15) is 5.82 Å². The van der Waals surface area contributed by atoms with Gasteiger partial charge in [0.25, 0.3) is 0 Å². The highest BCUT2D eigenvalue weighted by Gasteiger charge is 2.21. The number of hydrogen-bond acceptors (Lipinski definition) is 2. The van der Waals surface area contributed by atoms with Crippen LogP contribution in [-0.4, -0.2) is 21.2 Å². The second kappa shape index (κ2) is 5.65. The number of aliphatic hydroxyl groups excluding tert-OH is 1. The van der Waals surface area contributed by atoms with Crippen molar-refractivity contribution >= 4 is 5.57 Å². The molecule has 0 aliphatic rings. The average Bonchev–Trinajstić information content (AvgIpc) is 2.90. The molecule has 0 fully saturated rings. The molecule has 0 spiro atoms. The van der Waals surface area contributed by atoms with Crippen LogP contribution in [0.2, 0.25) is 0 Å². The van der Waals surface area contributed by atoms with Crippen LogP contribution in [0.3, 0.4) is 0 Å². The Balaban J connectivity index is 2.13. The summed E-state index contributed by atoms with van der Waals surface area (Å²) in [5.74, 6) is 0.759. The maximum Gasteiger partial charge on any atom is 0.112 e. The van der Waals surface area contributed by atoms with Crippen LogP contribution >= 0.6 is 0 Å². The number of rotatable bonds is 5. The molecule has 2 N–H and O–H groups in total. The second-order valence-electron chi connectivity index (χ2n) is 4.50. The number of nitrogens with one attached hydrogen (secondary N) is 1. The molecular formula is C15H18N2O. The number of imidazole rings is 1. The van der Waals surface area contributed by atoms with Gasteiger partial charge in [-0.15, -0.1) is 0 Å². The summed E-state index contributed by atoms with van der Waals surface area (Å²) in [6.45, 7) is 5.89. The topological polar surface area (TPSA) is 48.9 Å². The summed E-state index contributed by atoms with van der Waals surface area (Å²) in [4.78, 5) is 7.29. The lowest BCUT2D eigenvalue weighted by Gasteiger charge is -2.19. The Morgan fingerprint density at radius 1 is 1.39 bits per heavy atom. The lowest BCUT2D eigenvalue weighted by atomic mass is 9.91. The van der Waals surface area contributed by atoms with E-state index >= 15 is 0 Å². The van der Waals surface area contributed by atoms with Gasteiger partial charge < -0.3 is 10.1 Å². The van der Waals surface area contributed by atoms with Gasteiger partial charge in [-0.3, -0.25) is 0 Å². The van der Waals surface area contributed by atoms with E-state index in [0.717, 1.165) is 17.0 Å². The van der Waals surface area contributed by atoms with E-state index in [0.29, 0.717) is 6.42 Å². The largest absolute Gasteiger partial charge is 0.393 e. The lowest BCUT2D eigenvalue weighted by molar-refractivity contribution is 0.160. The number of H-pyrrole nitrogens is 1. The van der Waals surface area contributed by atoms with E-state index in [2.05, 4.69) is 16.5 Å². The molecule has 1 aromatic heterocycles. The maximum atomic E-state index is 9.88. The summed E-state index contributed by atoms with van der Waals surface area (Å²) in [6.07, 6.45) is 3.71. The fourth-order valence-corrected chi connectivity index (χ4v) is 2.03. The highest BCUT2D eigenvalue weighted by Crippen LogP contribution is 2.28. The zero-order chi connectivity index (χ0) is 13.0. The first-order valence-corrected chi connectivity index (χ1v) is 6.09. The smallest absolute Gasteiger partial charge is 0.112 e. The first-order valence-electron chi connectivity index (χ1n) is 6.09. The Morgan fingerprint density at radius 3 is 2.67 bits per heavy atom. The van der Waals surface area contributed by atoms with E-state index in [-0.39, 0.29) is 5.92 Å². The SMILES string of the molecule is C=C(CC(c1ncc[nH]1)C(C)O)c1ccccc1. The van der Waals surface area contributed by atoms with Crippen LogP contribution in [0.4, 0.5) is 0 Å². The molecule has 1 aromatic carbocycles. The van der Waals surface area contributed by atoms with Crippen molar-refractivity contribution in [3.63, 3.8) is 0 Å². The Labute approximate surface area is 107 Å². The van der Waals surface area contributed by atoms with Crippen molar-refractivity contribution in [2.45, 2.75) is 25.4 Å². The molecule has 0 saturated carbocycles. The van der Waals surface area contributed by atoms with Crippen molar-refractivity contribution in [1.29, 1.82) is 0 Å². The van der Waals surface area contributed by atoms with E-state index in [1.54, 1.807) is 19.3 Å². The summed E-state index contributed by atoms with van der Waals surface area (Å²) in [5.41, 5.74) is 2.12. The standard InChI is InChI=1S/C15H18N2O/c1-11(13-6-4-3-5-7-13)10-14(12(2)18)15-16-8-9-17-15/h3-9,12,14,18H,1,10H2,2H3,(H,16,17). The van der Waals surface area contributed by atoms with E-state index in [1.807, 2.05) is 30.3 Å². The van der Waals surface area contributed by atoms with Gasteiger partial charge in [0, 0.05) is 18.3 Å².